The molecule has 1 aliphatic heterocycles. The highest BCUT2D eigenvalue weighted by molar-refractivity contribution is 5.51. The molecule has 20 heavy (non-hydrogen) atoms. The van der Waals surface area contributed by atoms with E-state index in [1.54, 1.807) is 0 Å². The Kier molecular flexibility index (Phi) is 5.26. The van der Waals surface area contributed by atoms with Crippen molar-refractivity contribution in [3.05, 3.63) is 35.9 Å². The fourth-order valence-electron chi connectivity index (χ4n) is 2.16. The summed E-state index contributed by atoms with van der Waals surface area (Å²) in [5.41, 5.74) is 9.53. The van der Waals surface area contributed by atoms with Gasteiger partial charge in [-0.3, -0.25) is 0 Å². The van der Waals surface area contributed by atoms with E-state index >= 15 is 0 Å². The van der Waals surface area contributed by atoms with E-state index in [2.05, 4.69) is 9.69 Å². The highest BCUT2D eigenvalue weighted by atomic mass is 16.9. The summed E-state index contributed by atoms with van der Waals surface area (Å²) in [6, 6.07) is 10.0. The Morgan fingerprint density at radius 3 is 2.90 bits per heavy atom. The number of hydrogen-bond donors (Lipinski definition) is 0. The normalized spacial score (nSPS) is 22.4. The van der Waals surface area contributed by atoms with E-state index in [0.29, 0.717) is 19.8 Å². The van der Waals surface area contributed by atoms with Gasteiger partial charge in [0.2, 0.25) is 0 Å². The summed E-state index contributed by atoms with van der Waals surface area (Å²) >= 11 is 0. The Hall–Kier alpha value is -1.72. The van der Waals surface area contributed by atoms with Crippen LogP contribution in [0.3, 0.4) is 0 Å². The third-order valence-electron chi connectivity index (χ3n) is 3.01. The van der Waals surface area contributed by atoms with Crippen LogP contribution >= 0.6 is 0 Å². The van der Waals surface area contributed by atoms with Gasteiger partial charge in [0.25, 0.3) is 6.21 Å². The maximum atomic E-state index is 8.44. The number of para-hydroxylation sites is 1. The molecule has 0 spiro atoms. The molecule has 1 atom stereocenters. The maximum absolute atomic E-state index is 8.44. The van der Waals surface area contributed by atoms with E-state index in [4.69, 9.17) is 19.7 Å². The van der Waals surface area contributed by atoms with Crippen LogP contribution in [0.2, 0.25) is 0 Å². The predicted octanol–water partition coefficient (Wildman–Crippen LogP) is 1.53. The molecule has 6 heteroatoms. The van der Waals surface area contributed by atoms with Crippen molar-refractivity contribution in [1.82, 2.24) is 0 Å². The molecule has 0 aliphatic carbocycles. The summed E-state index contributed by atoms with van der Waals surface area (Å²) in [6.07, 6.45) is 1.26. The van der Waals surface area contributed by atoms with Gasteiger partial charge in [0.15, 0.2) is 0 Å². The minimum Gasteiger partial charge on any atom is -0.362 e. The molecule has 0 saturated carbocycles. The van der Waals surface area contributed by atoms with Crippen LogP contribution in [0.1, 0.15) is 6.92 Å². The van der Waals surface area contributed by atoms with Gasteiger partial charge >= 0.3 is 5.97 Å². The number of benzene rings is 1. The summed E-state index contributed by atoms with van der Waals surface area (Å²) < 4.78 is 16.9. The monoisotopic (exact) mass is 277 g/mol. The van der Waals surface area contributed by atoms with Crippen molar-refractivity contribution in [2.75, 3.05) is 37.8 Å². The number of morpholine rings is 1. The van der Waals surface area contributed by atoms with Gasteiger partial charge in [0, 0.05) is 18.8 Å². The first-order valence-electron chi connectivity index (χ1n) is 6.67. The van der Waals surface area contributed by atoms with E-state index in [1.807, 2.05) is 37.3 Å². The number of anilines is 1. The average Bonchev–Trinajstić information content (AvgIpc) is 2.49. The molecule has 0 aromatic heterocycles. The number of hydrogen-bond acceptors (Lipinski definition) is 4. The van der Waals surface area contributed by atoms with Crippen LogP contribution in [-0.4, -0.2) is 49.9 Å². The molecule has 0 amide bonds. The Morgan fingerprint density at radius 1 is 1.40 bits per heavy atom. The van der Waals surface area contributed by atoms with E-state index in [1.165, 1.54) is 6.21 Å². The van der Waals surface area contributed by atoms with Crippen LogP contribution in [0.25, 0.3) is 5.53 Å². The minimum atomic E-state index is -1.12. The zero-order valence-electron chi connectivity index (χ0n) is 11.6. The zero-order chi connectivity index (χ0) is 14.3. The second kappa shape index (κ2) is 7.17. The quantitative estimate of drug-likeness (QED) is 0.342. The summed E-state index contributed by atoms with van der Waals surface area (Å²) in [5, 5.41) is 0. The Labute approximate surface area is 118 Å². The molecule has 1 saturated heterocycles. The third kappa shape index (κ3) is 3.65. The van der Waals surface area contributed by atoms with Crippen LogP contribution < -0.4 is 4.90 Å². The van der Waals surface area contributed by atoms with Gasteiger partial charge in [-0.2, -0.15) is 4.79 Å². The number of ether oxygens (including phenoxy) is 3. The van der Waals surface area contributed by atoms with Crippen molar-refractivity contribution < 1.29 is 19.0 Å². The van der Waals surface area contributed by atoms with Crippen molar-refractivity contribution in [3.8, 4) is 0 Å². The molecular weight excluding hydrogens is 258 g/mol. The van der Waals surface area contributed by atoms with Crippen molar-refractivity contribution in [3.63, 3.8) is 0 Å². The maximum Gasteiger partial charge on any atom is 0.302 e. The van der Waals surface area contributed by atoms with Crippen molar-refractivity contribution >= 4 is 11.9 Å². The molecular formula is C14H19N3O3. The van der Waals surface area contributed by atoms with Gasteiger partial charge in [-0.25, -0.2) is 0 Å². The molecule has 1 aromatic rings. The van der Waals surface area contributed by atoms with Gasteiger partial charge in [-0.05, 0) is 19.1 Å². The Bertz CT molecular complexity index is 458. The van der Waals surface area contributed by atoms with Crippen LogP contribution in [0, 0.1) is 0 Å². The molecule has 1 aliphatic rings. The van der Waals surface area contributed by atoms with Gasteiger partial charge in [0.1, 0.15) is 13.2 Å². The number of rotatable bonds is 6. The van der Waals surface area contributed by atoms with Gasteiger partial charge in [0.05, 0.1) is 6.61 Å². The lowest BCUT2D eigenvalue weighted by molar-refractivity contribution is -0.375. The SMILES string of the molecule is CCOC1(OCC=[N+]=[N-])CN(c2ccccc2)CCO1. The van der Waals surface area contributed by atoms with Crippen molar-refractivity contribution in [2.24, 2.45) is 0 Å². The molecule has 2 rings (SSSR count). The van der Waals surface area contributed by atoms with E-state index < -0.39 is 5.97 Å². The lowest BCUT2D eigenvalue weighted by Crippen LogP contribution is -2.55. The molecule has 1 unspecified atom stereocenters. The molecule has 0 N–H and O–H groups in total. The third-order valence-corrected chi connectivity index (χ3v) is 3.01. The van der Waals surface area contributed by atoms with Crippen LogP contribution in [0.4, 0.5) is 5.69 Å². The van der Waals surface area contributed by atoms with Crippen molar-refractivity contribution in [2.45, 2.75) is 12.9 Å². The predicted molar refractivity (Wildman–Crippen MR) is 74.6 cm³/mol. The second-order valence-corrected chi connectivity index (χ2v) is 4.33. The van der Waals surface area contributed by atoms with Gasteiger partial charge in [-0.1, -0.05) is 18.2 Å². The highest BCUT2D eigenvalue weighted by Crippen LogP contribution is 2.25. The van der Waals surface area contributed by atoms with E-state index in [0.717, 1.165) is 12.2 Å². The minimum absolute atomic E-state index is 0.124. The standard InChI is InChI=1S/C14H19N3O3/c1-2-18-14(19-10-8-16-15)12-17(9-11-20-14)13-6-4-3-5-7-13/h3-8H,2,9-12H2,1H3. The van der Waals surface area contributed by atoms with Gasteiger partial charge in [-0.15, -0.1) is 0 Å². The molecule has 1 heterocycles. The topological polar surface area (TPSA) is 67.3 Å². The fourth-order valence-corrected chi connectivity index (χ4v) is 2.16. The molecule has 1 fully saturated rings. The molecule has 6 nitrogen and oxygen atoms in total. The summed E-state index contributed by atoms with van der Waals surface area (Å²) in [5.74, 6) is -1.12. The summed E-state index contributed by atoms with van der Waals surface area (Å²) in [7, 11) is 0. The molecule has 0 bridgehead atoms. The summed E-state index contributed by atoms with van der Waals surface area (Å²) in [4.78, 5) is 5.06. The van der Waals surface area contributed by atoms with Crippen molar-refractivity contribution in [1.29, 1.82) is 0 Å². The zero-order valence-corrected chi connectivity index (χ0v) is 11.6. The molecule has 108 valence electrons. The van der Waals surface area contributed by atoms with Crippen LogP contribution in [0.15, 0.2) is 30.3 Å². The first-order valence-corrected chi connectivity index (χ1v) is 6.67. The van der Waals surface area contributed by atoms with E-state index in [-0.39, 0.29) is 6.61 Å². The summed E-state index contributed by atoms with van der Waals surface area (Å²) in [6.45, 7) is 4.22. The molecule has 1 aromatic carbocycles. The number of nitrogens with zero attached hydrogens (tertiary/aromatic N) is 3. The van der Waals surface area contributed by atoms with Crippen LogP contribution in [-0.2, 0) is 14.2 Å². The lowest BCUT2D eigenvalue weighted by Gasteiger charge is -2.41. The fraction of sp³-hybridized carbons (Fsp3) is 0.500. The first-order chi connectivity index (χ1) is 9.79. The highest BCUT2D eigenvalue weighted by Gasteiger charge is 2.39. The van der Waals surface area contributed by atoms with Crippen LogP contribution in [0.5, 0.6) is 0 Å². The largest absolute Gasteiger partial charge is 0.362 e. The smallest absolute Gasteiger partial charge is 0.302 e. The van der Waals surface area contributed by atoms with Gasteiger partial charge < -0.3 is 24.6 Å². The lowest BCUT2D eigenvalue weighted by atomic mass is 10.2. The molecule has 0 radical (unpaired) electrons. The second-order valence-electron chi connectivity index (χ2n) is 4.33. The van der Waals surface area contributed by atoms with E-state index in [9.17, 15) is 0 Å². The Balaban J connectivity index is 2.09. The first kappa shape index (κ1) is 14.7. The average molecular weight is 277 g/mol. The Morgan fingerprint density at radius 2 is 2.20 bits per heavy atom.